The molecular weight excluding hydrogens is 314 g/mol. The molecule has 4 rings (SSSR count). The lowest BCUT2D eigenvalue weighted by molar-refractivity contribution is 1.17. The summed E-state index contributed by atoms with van der Waals surface area (Å²) in [5.74, 6) is 0. The Bertz CT molecular complexity index is 1200. The zero-order chi connectivity index (χ0) is 17.9. The molecule has 0 atom stereocenters. The lowest BCUT2D eigenvalue weighted by atomic mass is 9.96. The fraction of sp³-hybridized carbons (Fsp3) is 0.120. The van der Waals surface area contributed by atoms with Crippen molar-refractivity contribution in [1.82, 2.24) is 5.32 Å². The summed E-state index contributed by atoms with van der Waals surface area (Å²) < 4.78 is 0. The predicted molar refractivity (Wildman–Crippen MR) is 114 cm³/mol. The lowest BCUT2D eigenvalue weighted by Crippen LogP contribution is -2.27. The monoisotopic (exact) mass is 337 g/mol. The molecule has 0 unspecified atom stereocenters. The Morgan fingerprint density at radius 2 is 1.42 bits per heavy atom. The van der Waals surface area contributed by atoms with Crippen LogP contribution in [-0.4, -0.2) is 7.05 Å². The Morgan fingerprint density at radius 3 is 2.19 bits per heavy atom. The van der Waals surface area contributed by atoms with Gasteiger partial charge in [0.05, 0.1) is 0 Å². The Balaban J connectivity index is 1.95. The van der Waals surface area contributed by atoms with E-state index in [0.717, 1.165) is 6.42 Å². The normalized spacial score (nSPS) is 12.8. The first-order valence-electron chi connectivity index (χ1n) is 9.10. The van der Waals surface area contributed by atoms with Gasteiger partial charge >= 0.3 is 0 Å². The van der Waals surface area contributed by atoms with E-state index in [-0.39, 0.29) is 0 Å². The predicted octanol–water partition coefficient (Wildman–Crippen LogP) is 4.28. The molecule has 1 N–H and O–H groups in total. The van der Waals surface area contributed by atoms with Crippen LogP contribution in [-0.2, 0) is 6.42 Å². The minimum Gasteiger partial charge on any atom is -0.393 e. The third-order valence-electron chi connectivity index (χ3n) is 5.09. The molecule has 0 aromatic heterocycles. The van der Waals surface area contributed by atoms with Gasteiger partial charge in [-0.1, -0.05) is 78.9 Å². The molecule has 0 bridgehead atoms. The van der Waals surface area contributed by atoms with E-state index in [0.29, 0.717) is 0 Å². The van der Waals surface area contributed by atoms with Crippen LogP contribution >= 0.6 is 0 Å². The fourth-order valence-electron chi connectivity index (χ4n) is 3.74. The number of hydrogen-bond acceptors (Lipinski definition) is 1. The van der Waals surface area contributed by atoms with Crippen LogP contribution in [0.5, 0.6) is 0 Å². The summed E-state index contributed by atoms with van der Waals surface area (Å²) in [6.07, 6.45) is 5.38. The maximum atomic E-state index is 3.18. The highest BCUT2D eigenvalue weighted by molar-refractivity contribution is 5.88. The van der Waals surface area contributed by atoms with E-state index in [9.17, 15) is 0 Å². The topological polar surface area (TPSA) is 12.0 Å². The second-order valence-electron chi connectivity index (χ2n) is 6.71. The van der Waals surface area contributed by atoms with Crippen molar-refractivity contribution in [3.63, 3.8) is 0 Å². The maximum Gasteiger partial charge on any atom is 0.00413 e. The van der Waals surface area contributed by atoms with Crippen molar-refractivity contribution in [3.8, 4) is 0 Å². The SMILES string of the molecule is CN/C=c1/ccc2ccccc2/c1=C/Cc1c(C)ccc2ccccc12. The standard InChI is InChI=1S/C25H23N/c1-18-11-12-19-7-3-5-9-23(19)22(18)15-16-25-21(17-26-2)14-13-20-8-4-6-10-24(20)25/h3-14,16-17,26H,15H2,1-2H3/b21-17-,25-16+. The van der Waals surface area contributed by atoms with Crippen molar-refractivity contribution in [3.05, 3.63) is 94.4 Å². The van der Waals surface area contributed by atoms with Crippen molar-refractivity contribution < 1.29 is 0 Å². The molecule has 26 heavy (non-hydrogen) atoms. The zero-order valence-electron chi connectivity index (χ0n) is 15.3. The average molecular weight is 337 g/mol. The van der Waals surface area contributed by atoms with Crippen LogP contribution in [0.1, 0.15) is 11.1 Å². The van der Waals surface area contributed by atoms with E-state index in [4.69, 9.17) is 0 Å². The highest BCUT2D eigenvalue weighted by Crippen LogP contribution is 2.23. The van der Waals surface area contributed by atoms with Gasteiger partial charge in [0.15, 0.2) is 0 Å². The average Bonchev–Trinajstić information content (AvgIpc) is 2.68. The first-order valence-corrected chi connectivity index (χ1v) is 9.10. The van der Waals surface area contributed by atoms with E-state index < -0.39 is 0 Å². The van der Waals surface area contributed by atoms with Crippen LogP contribution in [0.4, 0.5) is 0 Å². The number of aryl methyl sites for hydroxylation is 1. The third-order valence-corrected chi connectivity index (χ3v) is 5.09. The van der Waals surface area contributed by atoms with Crippen LogP contribution in [0.2, 0.25) is 0 Å². The Hall–Kier alpha value is -3.06. The molecule has 4 aromatic carbocycles. The van der Waals surface area contributed by atoms with Crippen LogP contribution in [0.25, 0.3) is 33.8 Å². The van der Waals surface area contributed by atoms with Gasteiger partial charge in [-0.25, -0.2) is 0 Å². The quantitative estimate of drug-likeness (QED) is 0.588. The molecule has 0 radical (unpaired) electrons. The molecule has 0 aliphatic rings. The summed E-state index contributed by atoms with van der Waals surface area (Å²) >= 11 is 0. The number of benzene rings is 4. The van der Waals surface area contributed by atoms with Crippen molar-refractivity contribution >= 4 is 33.8 Å². The van der Waals surface area contributed by atoms with E-state index in [2.05, 4.69) is 97.3 Å². The molecular formula is C25H23N. The molecule has 1 heteroatoms. The van der Waals surface area contributed by atoms with Gasteiger partial charge < -0.3 is 5.32 Å². The van der Waals surface area contributed by atoms with Gasteiger partial charge in [-0.3, -0.25) is 0 Å². The van der Waals surface area contributed by atoms with E-state index >= 15 is 0 Å². The Kier molecular flexibility index (Phi) is 4.45. The molecule has 4 aromatic rings. The van der Waals surface area contributed by atoms with Crippen molar-refractivity contribution in [2.45, 2.75) is 13.3 Å². The second-order valence-corrected chi connectivity index (χ2v) is 6.71. The zero-order valence-corrected chi connectivity index (χ0v) is 15.3. The summed E-state index contributed by atoms with van der Waals surface area (Å²) in [6.45, 7) is 2.21. The van der Waals surface area contributed by atoms with Gasteiger partial charge in [0, 0.05) is 13.2 Å². The lowest BCUT2D eigenvalue weighted by Gasteiger charge is -2.09. The van der Waals surface area contributed by atoms with Crippen molar-refractivity contribution in [2.24, 2.45) is 0 Å². The summed E-state index contributed by atoms with van der Waals surface area (Å²) in [5, 5.41) is 10.9. The van der Waals surface area contributed by atoms with Gasteiger partial charge in [0.1, 0.15) is 0 Å². The maximum absolute atomic E-state index is 3.18. The second kappa shape index (κ2) is 7.05. The molecule has 1 nitrogen and oxygen atoms in total. The highest BCUT2D eigenvalue weighted by Gasteiger charge is 2.04. The largest absolute Gasteiger partial charge is 0.393 e. The molecule has 0 aliphatic carbocycles. The first-order chi connectivity index (χ1) is 12.8. The first kappa shape index (κ1) is 16.4. The van der Waals surface area contributed by atoms with Crippen LogP contribution in [0.3, 0.4) is 0 Å². The summed E-state index contributed by atoms with van der Waals surface area (Å²) in [7, 11) is 1.95. The highest BCUT2D eigenvalue weighted by atomic mass is 14.8. The molecule has 0 saturated carbocycles. The van der Waals surface area contributed by atoms with E-state index in [1.54, 1.807) is 0 Å². The van der Waals surface area contributed by atoms with Crippen LogP contribution in [0, 0.1) is 6.92 Å². The number of fused-ring (bicyclic) bond motifs is 2. The van der Waals surface area contributed by atoms with E-state index in [1.165, 1.54) is 43.1 Å². The summed E-state index contributed by atoms with van der Waals surface area (Å²) in [4.78, 5) is 0. The van der Waals surface area contributed by atoms with E-state index in [1.807, 2.05) is 7.05 Å². The minimum atomic E-state index is 0.922. The molecule has 0 fully saturated rings. The molecule has 0 heterocycles. The molecule has 0 spiro atoms. The number of rotatable bonds is 3. The summed E-state index contributed by atoms with van der Waals surface area (Å²) in [6, 6.07) is 26.1. The van der Waals surface area contributed by atoms with Gasteiger partial charge in [0.2, 0.25) is 0 Å². The van der Waals surface area contributed by atoms with Gasteiger partial charge in [-0.15, -0.1) is 0 Å². The molecule has 128 valence electrons. The van der Waals surface area contributed by atoms with Gasteiger partial charge in [-0.2, -0.15) is 0 Å². The minimum absolute atomic E-state index is 0.922. The fourth-order valence-corrected chi connectivity index (χ4v) is 3.74. The molecule has 0 aliphatic heterocycles. The van der Waals surface area contributed by atoms with Gasteiger partial charge in [-0.05, 0) is 56.5 Å². The smallest absolute Gasteiger partial charge is 0.00413 e. The molecule has 0 saturated heterocycles. The summed E-state index contributed by atoms with van der Waals surface area (Å²) in [5.41, 5.74) is 2.76. The van der Waals surface area contributed by atoms with Gasteiger partial charge in [0.25, 0.3) is 0 Å². The van der Waals surface area contributed by atoms with Crippen molar-refractivity contribution in [1.29, 1.82) is 0 Å². The Labute approximate surface area is 154 Å². The van der Waals surface area contributed by atoms with Crippen LogP contribution in [0.15, 0.2) is 72.8 Å². The molecule has 0 amide bonds. The number of nitrogens with one attached hydrogen (secondary N) is 1. The van der Waals surface area contributed by atoms with Crippen LogP contribution < -0.4 is 15.8 Å². The number of hydrogen-bond donors (Lipinski definition) is 1. The third kappa shape index (κ3) is 2.97. The Morgan fingerprint density at radius 1 is 0.769 bits per heavy atom. The van der Waals surface area contributed by atoms with Crippen molar-refractivity contribution in [2.75, 3.05) is 7.05 Å².